The van der Waals surface area contributed by atoms with Crippen LogP contribution >= 0.6 is 0 Å². The zero-order valence-corrected chi connectivity index (χ0v) is 11.2. The third kappa shape index (κ3) is 4.07. The predicted octanol–water partition coefficient (Wildman–Crippen LogP) is 2.21. The molecule has 0 heterocycles. The summed E-state index contributed by atoms with van der Waals surface area (Å²) in [5.41, 5.74) is 1.23. The van der Waals surface area contributed by atoms with Gasteiger partial charge in [0.15, 0.2) is 6.04 Å². The number of hydrogen-bond donors (Lipinski definition) is 3. The van der Waals surface area contributed by atoms with Crippen molar-refractivity contribution < 1.29 is 20.1 Å². The SMILES string of the molecule is O=C(O)[C@H](Cc1ccc(O)cc1)N=Cc1ccccc1O. The molecule has 5 heteroatoms. The van der Waals surface area contributed by atoms with Crippen LogP contribution in [0.2, 0.25) is 0 Å². The molecule has 0 saturated heterocycles. The molecule has 0 aliphatic carbocycles. The number of carboxylic acids is 1. The second-order valence-corrected chi connectivity index (χ2v) is 4.56. The molecule has 2 aromatic carbocycles. The van der Waals surface area contributed by atoms with E-state index in [-0.39, 0.29) is 17.9 Å². The minimum atomic E-state index is -1.05. The highest BCUT2D eigenvalue weighted by atomic mass is 16.4. The third-order valence-electron chi connectivity index (χ3n) is 2.98. The van der Waals surface area contributed by atoms with Gasteiger partial charge in [0.2, 0.25) is 0 Å². The van der Waals surface area contributed by atoms with Crippen molar-refractivity contribution in [3.8, 4) is 11.5 Å². The number of para-hydroxylation sites is 1. The third-order valence-corrected chi connectivity index (χ3v) is 2.98. The minimum absolute atomic E-state index is 0.0509. The van der Waals surface area contributed by atoms with Crippen LogP contribution in [0.1, 0.15) is 11.1 Å². The molecule has 0 bridgehead atoms. The van der Waals surface area contributed by atoms with Crippen LogP contribution in [0.15, 0.2) is 53.5 Å². The van der Waals surface area contributed by atoms with E-state index < -0.39 is 12.0 Å². The van der Waals surface area contributed by atoms with Crippen LogP contribution in [0.3, 0.4) is 0 Å². The number of rotatable bonds is 5. The molecule has 3 N–H and O–H groups in total. The lowest BCUT2D eigenvalue weighted by atomic mass is 10.1. The second kappa shape index (κ2) is 6.56. The van der Waals surface area contributed by atoms with E-state index in [0.717, 1.165) is 5.56 Å². The molecule has 0 amide bonds. The lowest BCUT2D eigenvalue weighted by Crippen LogP contribution is -2.20. The molecule has 0 aliphatic heterocycles. The van der Waals surface area contributed by atoms with Crippen molar-refractivity contribution >= 4 is 12.2 Å². The van der Waals surface area contributed by atoms with Gasteiger partial charge in [-0.2, -0.15) is 0 Å². The van der Waals surface area contributed by atoms with Gasteiger partial charge >= 0.3 is 5.97 Å². The van der Waals surface area contributed by atoms with Gasteiger partial charge in [-0.15, -0.1) is 0 Å². The van der Waals surface area contributed by atoms with Gasteiger partial charge in [0.25, 0.3) is 0 Å². The van der Waals surface area contributed by atoms with Gasteiger partial charge in [-0.25, -0.2) is 4.79 Å². The van der Waals surface area contributed by atoms with Crippen molar-refractivity contribution in [2.75, 3.05) is 0 Å². The molecule has 5 nitrogen and oxygen atoms in total. The second-order valence-electron chi connectivity index (χ2n) is 4.56. The Hall–Kier alpha value is -2.82. The Kier molecular flexibility index (Phi) is 4.56. The number of aromatic hydroxyl groups is 2. The van der Waals surface area contributed by atoms with E-state index in [0.29, 0.717) is 5.56 Å². The van der Waals surface area contributed by atoms with E-state index in [4.69, 9.17) is 0 Å². The maximum absolute atomic E-state index is 11.3. The molecule has 0 radical (unpaired) electrons. The number of aliphatic carboxylic acids is 1. The Morgan fingerprint density at radius 2 is 1.76 bits per heavy atom. The van der Waals surface area contributed by atoms with Crippen LogP contribution in [0.4, 0.5) is 0 Å². The van der Waals surface area contributed by atoms with E-state index in [1.165, 1.54) is 24.4 Å². The molecule has 0 aromatic heterocycles. The first-order valence-corrected chi connectivity index (χ1v) is 6.38. The van der Waals surface area contributed by atoms with E-state index in [1.807, 2.05) is 0 Å². The smallest absolute Gasteiger partial charge is 0.328 e. The number of carboxylic acid groups (broad SMARTS) is 1. The first-order valence-electron chi connectivity index (χ1n) is 6.38. The monoisotopic (exact) mass is 285 g/mol. The zero-order valence-electron chi connectivity index (χ0n) is 11.2. The van der Waals surface area contributed by atoms with E-state index in [2.05, 4.69) is 4.99 Å². The van der Waals surface area contributed by atoms with Gasteiger partial charge in [0.1, 0.15) is 11.5 Å². The first-order chi connectivity index (χ1) is 10.1. The van der Waals surface area contributed by atoms with E-state index in [1.54, 1.807) is 30.3 Å². The highest BCUT2D eigenvalue weighted by Crippen LogP contribution is 2.15. The summed E-state index contributed by atoms with van der Waals surface area (Å²) in [4.78, 5) is 15.3. The molecule has 0 spiro atoms. The fourth-order valence-electron chi connectivity index (χ4n) is 1.83. The van der Waals surface area contributed by atoms with Crippen LogP contribution in [0.25, 0.3) is 0 Å². The summed E-state index contributed by atoms with van der Waals surface area (Å²) in [6, 6.07) is 11.9. The Balaban J connectivity index is 2.14. The van der Waals surface area contributed by atoms with Gasteiger partial charge in [0, 0.05) is 18.2 Å². The molecular weight excluding hydrogens is 270 g/mol. The molecule has 0 aliphatic rings. The number of nitrogens with zero attached hydrogens (tertiary/aromatic N) is 1. The van der Waals surface area contributed by atoms with Gasteiger partial charge in [0.05, 0.1) is 0 Å². The molecule has 0 fully saturated rings. The predicted molar refractivity (Wildman–Crippen MR) is 78.9 cm³/mol. The highest BCUT2D eigenvalue weighted by molar-refractivity contribution is 5.86. The summed E-state index contributed by atoms with van der Waals surface area (Å²) >= 11 is 0. The summed E-state index contributed by atoms with van der Waals surface area (Å²) in [5, 5.41) is 28.0. The van der Waals surface area contributed by atoms with Crippen molar-refractivity contribution in [2.24, 2.45) is 4.99 Å². The summed E-state index contributed by atoms with van der Waals surface area (Å²) < 4.78 is 0. The van der Waals surface area contributed by atoms with Crippen LogP contribution in [-0.2, 0) is 11.2 Å². The standard InChI is InChI=1S/C16H15NO4/c18-13-7-5-11(6-8-13)9-14(16(20)21)17-10-12-3-1-2-4-15(12)19/h1-8,10,14,18-19H,9H2,(H,20,21)/t14-/m0/s1. The fourth-order valence-corrected chi connectivity index (χ4v) is 1.83. The molecule has 108 valence electrons. The minimum Gasteiger partial charge on any atom is -0.508 e. The maximum atomic E-state index is 11.3. The first kappa shape index (κ1) is 14.6. The Bertz CT molecular complexity index is 650. The Morgan fingerprint density at radius 3 is 2.38 bits per heavy atom. The number of carbonyl (C=O) groups is 1. The van der Waals surface area contributed by atoms with Crippen molar-refractivity contribution in [2.45, 2.75) is 12.5 Å². The summed E-state index contributed by atoms with van der Waals surface area (Å²) in [5.74, 6) is -0.867. The van der Waals surface area contributed by atoms with Gasteiger partial charge in [-0.3, -0.25) is 4.99 Å². The summed E-state index contributed by atoms with van der Waals surface area (Å²) in [6.07, 6.45) is 1.56. The summed E-state index contributed by atoms with van der Waals surface area (Å²) in [6.45, 7) is 0. The highest BCUT2D eigenvalue weighted by Gasteiger charge is 2.16. The van der Waals surface area contributed by atoms with Crippen molar-refractivity contribution in [1.82, 2.24) is 0 Å². The topological polar surface area (TPSA) is 90.1 Å². The lowest BCUT2D eigenvalue weighted by Gasteiger charge is -2.08. The van der Waals surface area contributed by atoms with Gasteiger partial charge < -0.3 is 15.3 Å². The normalized spacial score (nSPS) is 12.4. The summed E-state index contributed by atoms with van der Waals surface area (Å²) in [7, 11) is 0. The number of hydrogen-bond acceptors (Lipinski definition) is 4. The quantitative estimate of drug-likeness (QED) is 0.735. The lowest BCUT2D eigenvalue weighted by molar-refractivity contribution is -0.138. The largest absolute Gasteiger partial charge is 0.508 e. The number of aliphatic imine (C=N–C) groups is 1. The average molecular weight is 285 g/mol. The van der Waals surface area contributed by atoms with Crippen molar-refractivity contribution in [3.05, 3.63) is 59.7 Å². The van der Waals surface area contributed by atoms with Crippen LogP contribution in [0.5, 0.6) is 11.5 Å². The maximum Gasteiger partial charge on any atom is 0.328 e. The molecule has 1 atom stereocenters. The number of phenols is 2. The van der Waals surface area contributed by atoms with E-state index >= 15 is 0 Å². The number of benzene rings is 2. The van der Waals surface area contributed by atoms with Crippen LogP contribution in [0, 0.1) is 0 Å². The van der Waals surface area contributed by atoms with Crippen molar-refractivity contribution in [1.29, 1.82) is 0 Å². The van der Waals surface area contributed by atoms with Crippen LogP contribution < -0.4 is 0 Å². The fraction of sp³-hybridized carbons (Fsp3) is 0.125. The molecule has 21 heavy (non-hydrogen) atoms. The molecular formula is C16H15NO4. The van der Waals surface area contributed by atoms with Crippen LogP contribution in [-0.4, -0.2) is 33.5 Å². The molecule has 2 rings (SSSR count). The van der Waals surface area contributed by atoms with Crippen molar-refractivity contribution in [3.63, 3.8) is 0 Å². The zero-order chi connectivity index (χ0) is 15.2. The average Bonchev–Trinajstić information content (AvgIpc) is 2.46. The van der Waals surface area contributed by atoms with Gasteiger partial charge in [-0.1, -0.05) is 24.3 Å². The Labute approximate surface area is 121 Å². The molecule has 2 aromatic rings. The van der Waals surface area contributed by atoms with Gasteiger partial charge in [-0.05, 0) is 29.8 Å². The Morgan fingerprint density at radius 1 is 1.10 bits per heavy atom. The number of phenolic OH excluding ortho intramolecular Hbond substituents is 2. The van der Waals surface area contributed by atoms with E-state index in [9.17, 15) is 20.1 Å². The molecule has 0 unspecified atom stereocenters. The molecule has 0 saturated carbocycles.